The average Bonchev–Trinajstić information content (AvgIpc) is 2.46. The maximum atomic E-state index is 11.8. The van der Waals surface area contributed by atoms with Crippen LogP contribution in [0.25, 0.3) is 0 Å². The van der Waals surface area contributed by atoms with Gasteiger partial charge in [-0.2, -0.15) is 0 Å². The first-order valence-electron chi connectivity index (χ1n) is 6.25. The molecule has 1 fully saturated rings. The monoisotopic (exact) mass is 226 g/mol. The molecule has 0 bridgehead atoms. The molecule has 2 N–H and O–H groups in total. The smallest absolute Gasteiger partial charge is 0.222 e. The number of rotatable bonds is 3. The van der Waals surface area contributed by atoms with Crippen molar-refractivity contribution in [3.05, 3.63) is 0 Å². The van der Waals surface area contributed by atoms with Gasteiger partial charge in [0.05, 0.1) is 0 Å². The van der Waals surface area contributed by atoms with Gasteiger partial charge in [0, 0.05) is 25.6 Å². The van der Waals surface area contributed by atoms with Crippen molar-refractivity contribution in [1.82, 2.24) is 4.90 Å². The van der Waals surface area contributed by atoms with Crippen LogP contribution in [-0.2, 0) is 4.79 Å². The van der Waals surface area contributed by atoms with Crippen LogP contribution >= 0.6 is 0 Å². The largest absolute Gasteiger partial charge is 0.341 e. The zero-order chi connectivity index (χ0) is 12.5. The summed E-state index contributed by atoms with van der Waals surface area (Å²) in [5, 5.41) is 0. The summed E-state index contributed by atoms with van der Waals surface area (Å²) < 4.78 is 0. The van der Waals surface area contributed by atoms with Gasteiger partial charge in [0.25, 0.3) is 0 Å². The van der Waals surface area contributed by atoms with Gasteiger partial charge in [-0.15, -0.1) is 0 Å². The molecule has 0 aromatic heterocycles. The Bertz CT molecular complexity index is 255. The summed E-state index contributed by atoms with van der Waals surface area (Å²) in [5.74, 6) is 1.37. The van der Waals surface area contributed by atoms with Gasteiger partial charge in [0.15, 0.2) is 0 Å². The lowest BCUT2D eigenvalue weighted by atomic mass is 9.87. The number of amides is 1. The third kappa shape index (κ3) is 3.21. The Morgan fingerprint density at radius 1 is 1.44 bits per heavy atom. The van der Waals surface area contributed by atoms with E-state index in [0.29, 0.717) is 24.8 Å². The second-order valence-electron chi connectivity index (χ2n) is 6.48. The van der Waals surface area contributed by atoms with E-state index < -0.39 is 0 Å². The summed E-state index contributed by atoms with van der Waals surface area (Å²) in [7, 11) is 0. The van der Waals surface area contributed by atoms with Crippen molar-refractivity contribution in [2.45, 2.75) is 47.1 Å². The van der Waals surface area contributed by atoms with Crippen LogP contribution in [-0.4, -0.2) is 29.9 Å². The van der Waals surface area contributed by atoms with Crippen LogP contribution in [0, 0.1) is 17.3 Å². The molecule has 1 aliphatic rings. The van der Waals surface area contributed by atoms with E-state index in [-0.39, 0.29) is 17.4 Å². The van der Waals surface area contributed by atoms with Crippen molar-refractivity contribution in [1.29, 1.82) is 0 Å². The van der Waals surface area contributed by atoms with E-state index in [9.17, 15) is 4.79 Å². The van der Waals surface area contributed by atoms with Crippen LogP contribution in [0.4, 0.5) is 0 Å². The Morgan fingerprint density at radius 2 is 2.00 bits per heavy atom. The van der Waals surface area contributed by atoms with Crippen molar-refractivity contribution in [2.24, 2.45) is 23.0 Å². The Hall–Kier alpha value is -0.570. The first kappa shape index (κ1) is 13.5. The molecule has 0 aliphatic carbocycles. The quantitative estimate of drug-likeness (QED) is 0.798. The van der Waals surface area contributed by atoms with Gasteiger partial charge in [-0.25, -0.2) is 0 Å². The molecule has 3 nitrogen and oxygen atoms in total. The Morgan fingerprint density at radius 3 is 2.38 bits per heavy atom. The molecule has 2 unspecified atom stereocenters. The molecular weight excluding hydrogens is 200 g/mol. The molecule has 1 aliphatic heterocycles. The zero-order valence-corrected chi connectivity index (χ0v) is 11.3. The van der Waals surface area contributed by atoms with Crippen molar-refractivity contribution < 1.29 is 4.79 Å². The molecule has 0 aromatic rings. The minimum absolute atomic E-state index is 0.0577. The van der Waals surface area contributed by atoms with Crippen LogP contribution in [0.3, 0.4) is 0 Å². The Labute approximate surface area is 99.4 Å². The first-order valence-corrected chi connectivity index (χ1v) is 6.25. The first-order chi connectivity index (χ1) is 7.21. The van der Waals surface area contributed by atoms with Gasteiger partial charge in [-0.3, -0.25) is 4.79 Å². The summed E-state index contributed by atoms with van der Waals surface area (Å²) in [6, 6.07) is 0.0577. The minimum Gasteiger partial charge on any atom is -0.341 e. The summed E-state index contributed by atoms with van der Waals surface area (Å²) in [5.41, 5.74) is 6.19. The van der Waals surface area contributed by atoms with E-state index in [1.54, 1.807) is 0 Å². The SMILES string of the molecule is CC(C)C1CC(=O)N(CC(N)C(C)(C)C)C1. The fraction of sp³-hybridized carbons (Fsp3) is 0.923. The molecule has 1 heterocycles. The predicted octanol–water partition coefficient (Wildman–Crippen LogP) is 1.86. The van der Waals surface area contributed by atoms with Crippen LogP contribution in [0.5, 0.6) is 0 Å². The maximum Gasteiger partial charge on any atom is 0.222 e. The number of hydrogen-bond donors (Lipinski definition) is 1. The highest BCUT2D eigenvalue weighted by Gasteiger charge is 2.33. The molecule has 1 amide bonds. The fourth-order valence-electron chi connectivity index (χ4n) is 1.94. The summed E-state index contributed by atoms with van der Waals surface area (Å²) >= 11 is 0. The number of carbonyl (C=O) groups is 1. The van der Waals surface area contributed by atoms with Gasteiger partial charge >= 0.3 is 0 Å². The van der Waals surface area contributed by atoms with Crippen LogP contribution in [0.15, 0.2) is 0 Å². The molecule has 0 aromatic carbocycles. The third-order valence-electron chi connectivity index (χ3n) is 3.72. The molecule has 3 heteroatoms. The number of carbonyl (C=O) groups excluding carboxylic acids is 1. The van der Waals surface area contributed by atoms with E-state index >= 15 is 0 Å². The zero-order valence-electron chi connectivity index (χ0n) is 11.3. The second-order valence-corrected chi connectivity index (χ2v) is 6.48. The van der Waals surface area contributed by atoms with Crippen LogP contribution in [0.2, 0.25) is 0 Å². The van der Waals surface area contributed by atoms with Gasteiger partial charge in [-0.05, 0) is 17.3 Å². The van der Waals surface area contributed by atoms with Crippen molar-refractivity contribution in [3.8, 4) is 0 Å². The van der Waals surface area contributed by atoms with Gasteiger partial charge < -0.3 is 10.6 Å². The van der Waals surface area contributed by atoms with Gasteiger partial charge in [-0.1, -0.05) is 34.6 Å². The molecule has 16 heavy (non-hydrogen) atoms. The summed E-state index contributed by atoms with van der Waals surface area (Å²) in [6.45, 7) is 12.3. The molecule has 1 saturated heterocycles. The number of nitrogens with zero attached hydrogens (tertiary/aromatic N) is 1. The molecule has 0 saturated carbocycles. The second kappa shape index (κ2) is 4.74. The Balaban J connectivity index is 2.54. The predicted molar refractivity (Wildman–Crippen MR) is 67.0 cm³/mol. The molecule has 0 spiro atoms. The fourth-order valence-corrected chi connectivity index (χ4v) is 1.94. The molecule has 0 radical (unpaired) electrons. The highest BCUT2D eigenvalue weighted by atomic mass is 16.2. The average molecular weight is 226 g/mol. The molecular formula is C13H26N2O. The number of likely N-dealkylation sites (tertiary alicyclic amines) is 1. The molecule has 2 atom stereocenters. The normalized spacial score (nSPS) is 24.3. The van der Waals surface area contributed by atoms with Crippen LogP contribution < -0.4 is 5.73 Å². The lowest BCUT2D eigenvalue weighted by molar-refractivity contribution is -0.128. The van der Waals surface area contributed by atoms with Crippen molar-refractivity contribution in [3.63, 3.8) is 0 Å². The number of hydrogen-bond acceptors (Lipinski definition) is 2. The van der Waals surface area contributed by atoms with E-state index in [2.05, 4.69) is 34.6 Å². The molecule has 94 valence electrons. The molecule has 1 rings (SSSR count). The Kier molecular flexibility index (Phi) is 4.00. The van der Waals surface area contributed by atoms with Crippen molar-refractivity contribution >= 4 is 5.91 Å². The lowest BCUT2D eigenvalue weighted by Crippen LogP contribution is -2.46. The van der Waals surface area contributed by atoms with Gasteiger partial charge in [0.1, 0.15) is 0 Å². The van der Waals surface area contributed by atoms with Gasteiger partial charge in [0.2, 0.25) is 5.91 Å². The maximum absolute atomic E-state index is 11.8. The summed E-state index contributed by atoms with van der Waals surface area (Å²) in [6.07, 6.45) is 0.703. The highest BCUT2D eigenvalue weighted by Crippen LogP contribution is 2.26. The lowest BCUT2D eigenvalue weighted by Gasteiger charge is -2.31. The highest BCUT2D eigenvalue weighted by molar-refractivity contribution is 5.78. The minimum atomic E-state index is 0.0577. The number of nitrogens with two attached hydrogens (primary N) is 1. The van der Waals surface area contributed by atoms with E-state index in [1.807, 2.05) is 4.90 Å². The van der Waals surface area contributed by atoms with Crippen molar-refractivity contribution in [2.75, 3.05) is 13.1 Å². The van der Waals surface area contributed by atoms with E-state index in [1.165, 1.54) is 0 Å². The standard InChI is InChI=1S/C13H26N2O/c1-9(2)10-6-12(16)15(7-10)8-11(14)13(3,4)5/h9-11H,6-8,14H2,1-5H3. The third-order valence-corrected chi connectivity index (χ3v) is 3.72. The van der Waals surface area contributed by atoms with Crippen LogP contribution in [0.1, 0.15) is 41.0 Å². The summed E-state index contributed by atoms with van der Waals surface area (Å²) in [4.78, 5) is 13.8. The van der Waals surface area contributed by atoms with E-state index in [0.717, 1.165) is 6.54 Å². The van der Waals surface area contributed by atoms with E-state index in [4.69, 9.17) is 5.73 Å². The topological polar surface area (TPSA) is 46.3 Å².